The lowest BCUT2D eigenvalue weighted by molar-refractivity contribution is -0.155. The van der Waals surface area contributed by atoms with Crippen LogP contribution in [0.4, 0.5) is 0 Å². The average molecular weight is 826 g/mol. The lowest BCUT2D eigenvalue weighted by Crippen LogP contribution is -2.57. The van der Waals surface area contributed by atoms with Crippen LogP contribution in [0.2, 0.25) is 0 Å². The summed E-state index contributed by atoms with van der Waals surface area (Å²) in [5.74, 6) is -5.83. The Morgan fingerprint density at radius 1 is 0.898 bits per heavy atom. The van der Waals surface area contributed by atoms with Crippen molar-refractivity contribution in [2.24, 2.45) is 17.8 Å². The van der Waals surface area contributed by atoms with Gasteiger partial charge < -0.3 is 40.3 Å². The van der Waals surface area contributed by atoms with Crippen molar-refractivity contribution in [1.82, 2.24) is 25.8 Å². The highest BCUT2D eigenvalue weighted by Gasteiger charge is 2.36. The molecule has 0 saturated carbocycles. The molecule has 1 aliphatic rings. The largest absolute Gasteiger partial charge is 0.456 e. The van der Waals surface area contributed by atoms with E-state index < -0.39 is 96.4 Å². The molecule has 328 valence electrons. The molecule has 1 aliphatic heterocycles. The number of nitrogens with zero attached hydrogens (tertiary/aromatic N) is 2. The van der Waals surface area contributed by atoms with Gasteiger partial charge in [0, 0.05) is 32.0 Å². The Morgan fingerprint density at radius 2 is 1.51 bits per heavy atom. The molecule has 0 aromatic heterocycles. The van der Waals surface area contributed by atoms with Crippen LogP contribution in [0.25, 0.3) is 0 Å². The van der Waals surface area contributed by atoms with Gasteiger partial charge in [-0.25, -0.2) is 9.59 Å². The van der Waals surface area contributed by atoms with E-state index in [9.17, 15) is 38.7 Å². The first-order chi connectivity index (χ1) is 27.6. The van der Waals surface area contributed by atoms with Crippen LogP contribution in [0, 0.1) is 17.8 Å². The molecule has 4 N–H and O–H groups in total. The van der Waals surface area contributed by atoms with Gasteiger partial charge in [-0.1, -0.05) is 83.5 Å². The van der Waals surface area contributed by atoms with E-state index in [-0.39, 0.29) is 36.7 Å². The van der Waals surface area contributed by atoms with E-state index in [0.29, 0.717) is 12.0 Å². The zero-order valence-electron chi connectivity index (χ0n) is 36.9. The predicted molar refractivity (Wildman–Crippen MR) is 223 cm³/mol. The van der Waals surface area contributed by atoms with E-state index in [0.717, 1.165) is 5.56 Å². The van der Waals surface area contributed by atoms with Gasteiger partial charge in [-0.2, -0.15) is 0 Å². The molecule has 0 spiro atoms. The van der Waals surface area contributed by atoms with Crippen molar-refractivity contribution in [1.29, 1.82) is 0 Å². The number of benzene rings is 1. The van der Waals surface area contributed by atoms with Crippen LogP contribution in [0.15, 0.2) is 53.6 Å². The number of aliphatic hydroxyl groups is 1. The molecule has 15 heteroatoms. The van der Waals surface area contributed by atoms with Crippen LogP contribution >= 0.6 is 0 Å². The van der Waals surface area contributed by atoms with Crippen molar-refractivity contribution >= 4 is 41.5 Å². The van der Waals surface area contributed by atoms with Gasteiger partial charge in [-0.3, -0.25) is 24.0 Å². The smallest absolute Gasteiger partial charge is 0.334 e. The molecule has 1 aromatic carbocycles. The first-order valence-electron chi connectivity index (χ1n) is 20.5. The summed E-state index contributed by atoms with van der Waals surface area (Å²) in [4.78, 5) is 98.0. The van der Waals surface area contributed by atoms with Crippen molar-refractivity contribution in [3.8, 4) is 0 Å². The quantitative estimate of drug-likeness (QED) is 0.234. The lowest BCUT2D eigenvalue weighted by atomic mass is 9.90. The van der Waals surface area contributed by atoms with Crippen LogP contribution in [-0.4, -0.2) is 120 Å². The first kappa shape index (κ1) is 50.1. The summed E-state index contributed by atoms with van der Waals surface area (Å²) >= 11 is 0. The Hall–Kier alpha value is -5.05. The highest BCUT2D eigenvalue weighted by molar-refractivity contribution is 5.96. The summed E-state index contributed by atoms with van der Waals surface area (Å²) in [6.45, 7) is 16.5. The molecule has 0 unspecified atom stereocenters. The standard InChI is InChI=1S/C44H67N5O10/c1-13-26(5)37-40(53)46-31(10)44(57)59-38(27(6)14-2)29(8)34(50)21-20-28(7)43(56)58-35(22-25(3)4)39(52)45-30(9)41(54)49(12)33(23-32-18-16-15-17-19-32)42(55)48(11)24-36(51)47-37/h14-20,25-26,29-31,33-35,37-38,50H,13,21-24H2,1-12H3,(H,45,52)(H,46,53)(H,47,51)/b27-14+,28-20-/t26-,29-,30+,31+,33+,34+,35+,37-,38+/m0/s1. The number of esters is 2. The second kappa shape index (κ2) is 23.5. The Balaban J connectivity index is 2.62. The third-order valence-electron chi connectivity index (χ3n) is 10.8. The molecule has 59 heavy (non-hydrogen) atoms. The molecule has 0 aliphatic carbocycles. The number of nitrogens with one attached hydrogen (secondary N) is 3. The maximum atomic E-state index is 14.1. The third kappa shape index (κ3) is 14.9. The van der Waals surface area contributed by atoms with E-state index in [1.54, 1.807) is 58.0 Å². The highest BCUT2D eigenvalue weighted by atomic mass is 16.6. The van der Waals surface area contributed by atoms with E-state index in [1.807, 2.05) is 26.8 Å². The fraction of sp³-hybridized carbons (Fsp3) is 0.614. The van der Waals surface area contributed by atoms with Gasteiger partial charge in [0.2, 0.25) is 23.6 Å². The summed E-state index contributed by atoms with van der Waals surface area (Å²) < 4.78 is 11.5. The summed E-state index contributed by atoms with van der Waals surface area (Å²) in [5, 5.41) is 19.3. The second-order valence-electron chi connectivity index (χ2n) is 16.2. The maximum absolute atomic E-state index is 14.1. The van der Waals surface area contributed by atoms with Gasteiger partial charge in [-0.15, -0.1) is 0 Å². The first-order valence-corrected chi connectivity index (χ1v) is 20.5. The minimum absolute atomic E-state index is 0.0211. The molecule has 1 aromatic rings. The number of likely N-dealkylation sites (N-methyl/N-ethyl adjacent to an activating group) is 2. The molecule has 0 fully saturated rings. The van der Waals surface area contributed by atoms with E-state index in [4.69, 9.17) is 9.47 Å². The Morgan fingerprint density at radius 3 is 2.08 bits per heavy atom. The number of amides is 5. The third-order valence-corrected chi connectivity index (χ3v) is 10.8. The molecule has 0 radical (unpaired) electrons. The summed E-state index contributed by atoms with van der Waals surface area (Å²) in [6, 6.07) is 4.53. The SMILES string of the molecule is C/C=C(\C)[C@H]1OC(=O)[C@@H](C)NC(=O)[C@H]([C@@H](C)CC)NC(=O)CN(C)C(=O)[C@@H](Cc2ccccc2)N(C)C(=O)[C@@H](C)NC(=O)[C@@H](CC(C)C)OC(=O)/C(C)=C\C[C@@H](O)[C@@H]1C. The van der Waals surface area contributed by atoms with Gasteiger partial charge in [0.05, 0.1) is 12.6 Å². The zero-order chi connectivity index (χ0) is 44.7. The van der Waals surface area contributed by atoms with Crippen molar-refractivity contribution in [2.45, 2.75) is 137 Å². The summed E-state index contributed by atoms with van der Waals surface area (Å²) in [5.41, 5.74) is 1.51. The number of ether oxygens (including phenoxy) is 2. The summed E-state index contributed by atoms with van der Waals surface area (Å²) in [7, 11) is 2.85. The van der Waals surface area contributed by atoms with Crippen molar-refractivity contribution < 1.29 is 48.1 Å². The molecular formula is C44H67N5O10. The molecule has 5 amide bonds. The predicted octanol–water partition coefficient (Wildman–Crippen LogP) is 3.24. The fourth-order valence-corrected chi connectivity index (χ4v) is 6.55. The Labute approximate surface area is 349 Å². The fourth-order valence-electron chi connectivity index (χ4n) is 6.55. The van der Waals surface area contributed by atoms with Gasteiger partial charge in [0.25, 0.3) is 5.91 Å². The number of allylic oxidation sites excluding steroid dienone is 1. The Kier molecular flexibility index (Phi) is 20.0. The maximum Gasteiger partial charge on any atom is 0.334 e. The monoisotopic (exact) mass is 825 g/mol. The normalized spacial score (nSPS) is 28.8. The zero-order valence-corrected chi connectivity index (χ0v) is 36.9. The highest BCUT2D eigenvalue weighted by Crippen LogP contribution is 2.24. The van der Waals surface area contributed by atoms with E-state index in [2.05, 4.69) is 16.0 Å². The van der Waals surface area contributed by atoms with Crippen LogP contribution in [-0.2, 0) is 49.5 Å². The van der Waals surface area contributed by atoms with Gasteiger partial charge in [0.1, 0.15) is 30.3 Å². The van der Waals surface area contributed by atoms with Gasteiger partial charge >= 0.3 is 11.9 Å². The number of hydrogen-bond acceptors (Lipinski definition) is 10. The lowest BCUT2D eigenvalue weighted by Gasteiger charge is -2.33. The van der Waals surface area contributed by atoms with Crippen molar-refractivity contribution in [3.05, 3.63) is 59.2 Å². The molecule has 2 rings (SSSR count). The Bertz CT molecular complexity index is 1700. The second-order valence-corrected chi connectivity index (χ2v) is 16.2. The number of carbonyl (C=O) groups is 7. The number of rotatable bonds is 7. The number of aliphatic hydroxyl groups excluding tert-OH is 1. The number of carbonyl (C=O) groups excluding carboxylic acids is 7. The van der Waals surface area contributed by atoms with E-state index in [1.165, 1.54) is 50.7 Å². The molecule has 15 nitrogen and oxygen atoms in total. The molecular weight excluding hydrogens is 759 g/mol. The van der Waals surface area contributed by atoms with Crippen LogP contribution in [0.5, 0.6) is 0 Å². The van der Waals surface area contributed by atoms with Crippen LogP contribution in [0.1, 0.15) is 94.1 Å². The van der Waals surface area contributed by atoms with Crippen LogP contribution in [0.3, 0.4) is 0 Å². The summed E-state index contributed by atoms with van der Waals surface area (Å²) in [6.07, 6.45) is 0.687. The van der Waals surface area contributed by atoms with Crippen LogP contribution < -0.4 is 16.0 Å². The molecule has 9 atom stereocenters. The molecule has 0 bridgehead atoms. The molecule has 1 heterocycles. The van der Waals surface area contributed by atoms with Crippen molar-refractivity contribution in [2.75, 3.05) is 20.6 Å². The minimum Gasteiger partial charge on any atom is -0.456 e. The minimum atomic E-state index is -1.26. The van der Waals surface area contributed by atoms with E-state index >= 15 is 0 Å². The molecule has 0 saturated heterocycles. The van der Waals surface area contributed by atoms with Gasteiger partial charge in [-0.05, 0) is 70.4 Å². The van der Waals surface area contributed by atoms with Gasteiger partial charge in [0.15, 0.2) is 6.10 Å². The number of hydrogen-bond donors (Lipinski definition) is 4. The topological polar surface area (TPSA) is 201 Å². The average Bonchev–Trinajstić information content (AvgIpc) is 3.20. The number of cyclic esters (lactones) is 2. The van der Waals surface area contributed by atoms with Crippen molar-refractivity contribution in [3.63, 3.8) is 0 Å².